The summed E-state index contributed by atoms with van der Waals surface area (Å²) in [4.78, 5) is 17.0. The van der Waals surface area contributed by atoms with Gasteiger partial charge in [0.15, 0.2) is 5.58 Å². The Morgan fingerprint density at radius 2 is 1.88 bits per heavy atom. The molecule has 2 aromatic rings. The van der Waals surface area contributed by atoms with Crippen LogP contribution in [-0.2, 0) is 4.79 Å². The van der Waals surface area contributed by atoms with E-state index < -0.39 is 0 Å². The van der Waals surface area contributed by atoms with Crippen LogP contribution in [0.3, 0.4) is 0 Å². The predicted octanol–water partition coefficient (Wildman–Crippen LogP) is 4.86. The molecule has 0 bridgehead atoms. The van der Waals surface area contributed by atoms with Gasteiger partial charge in [0.25, 0.3) is 0 Å². The molecule has 1 heterocycles. The minimum atomic E-state index is -0.203. The summed E-state index contributed by atoms with van der Waals surface area (Å²) in [7, 11) is 0. The molecule has 1 aromatic heterocycles. The lowest BCUT2D eigenvalue weighted by Gasteiger charge is -2.36. The van der Waals surface area contributed by atoms with E-state index in [2.05, 4.69) is 31.1 Å². The van der Waals surface area contributed by atoms with E-state index >= 15 is 0 Å². The average Bonchev–Trinajstić information content (AvgIpc) is 2.98. The molecule has 1 aliphatic rings. The van der Waals surface area contributed by atoms with Gasteiger partial charge in [-0.3, -0.25) is 4.79 Å². The van der Waals surface area contributed by atoms with E-state index in [-0.39, 0.29) is 17.9 Å². The van der Waals surface area contributed by atoms with Gasteiger partial charge >= 0.3 is 0 Å². The topological polar surface area (TPSA) is 55.1 Å². The van der Waals surface area contributed by atoms with Crippen molar-refractivity contribution in [1.82, 2.24) is 10.3 Å². The lowest BCUT2D eigenvalue weighted by molar-refractivity contribution is -0.127. The number of hydrogen-bond acceptors (Lipinski definition) is 3. The molecule has 1 atom stereocenters. The van der Waals surface area contributed by atoms with Crippen LogP contribution in [0.15, 0.2) is 28.7 Å². The van der Waals surface area contributed by atoms with E-state index in [0.29, 0.717) is 11.3 Å². The van der Waals surface area contributed by atoms with Crippen molar-refractivity contribution in [2.75, 3.05) is 0 Å². The summed E-state index contributed by atoms with van der Waals surface area (Å²) >= 11 is 0. The van der Waals surface area contributed by atoms with Gasteiger partial charge in [-0.05, 0) is 56.1 Å². The van der Waals surface area contributed by atoms with Crippen molar-refractivity contribution in [2.24, 2.45) is 17.3 Å². The number of rotatable bonds is 3. The summed E-state index contributed by atoms with van der Waals surface area (Å²) in [6, 6.07) is 7.48. The number of benzene rings is 1. The Morgan fingerprint density at radius 1 is 1.21 bits per heavy atom. The number of aromatic nitrogens is 1. The molecule has 1 unspecified atom stereocenters. The number of fused-ring (bicyclic) bond motifs is 1. The van der Waals surface area contributed by atoms with Gasteiger partial charge in [0.2, 0.25) is 11.8 Å². The largest absolute Gasteiger partial charge is 0.438 e. The Bertz CT molecular complexity index is 673. The third-order valence-corrected chi connectivity index (χ3v) is 5.36. The Kier molecular flexibility index (Phi) is 4.66. The third-order valence-electron chi connectivity index (χ3n) is 5.36. The smallest absolute Gasteiger partial charge is 0.223 e. The van der Waals surface area contributed by atoms with Gasteiger partial charge in [0, 0.05) is 5.92 Å². The molecule has 130 valence electrons. The summed E-state index contributed by atoms with van der Waals surface area (Å²) in [5.41, 5.74) is 1.94. The quantitative estimate of drug-likeness (QED) is 0.875. The summed E-state index contributed by atoms with van der Waals surface area (Å²) in [5, 5.41) is 3.09. The molecule has 1 N–H and O–H groups in total. The fraction of sp³-hybridized carbons (Fsp3) is 0.600. The molecule has 24 heavy (non-hydrogen) atoms. The van der Waals surface area contributed by atoms with E-state index in [4.69, 9.17) is 4.42 Å². The lowest BCUT2D eigenvalue weighted by Crippen LogP contribution is -2.36. The van der Waals surface area contributed by atoms with E-state index in [1.165, 1.54) is 0 Å². The van der Waals surface area contributed by atoms with Gasteiger partial charge in [0.1, 0.15) is 11.6 Å². The van der Waals surface area contributed by atoms with Crippen molar-refractivity contribution in [3.63, 3.8) is 0 Å². The van der Waals surface area contributed by atoms with Gasteiger partial charge < -0.3 is 9.73 Å². The molecular formula is C20H28N2O2. The Labute approximate surface area is 144 Å². The van der Waals surface area contributed by atoms with Crippen LogP contribution < -0.4 is 5.32 Å². The Hall–Kier alpha value is -1.84. The zero-order valence-electron chi connectivity index (χ0n) is 15.1. The van der Waals surface area contributed by atoms with E-state index in [9.17, 15) is 4.79 Å². The summed E-state index contributed by atoms with van der Waals surface area (Å²) < 4.78 is 5.75. The zero-order chi connectivity index (χ0) is 17.3. The van der Waals surface area contributed by atoms with Gasteiger partial charge in [0.05, 0.1) is 0 Å². The van der Waals surface area contributed by atoms with Crippen molar-refractivity contribution in [2.45, 2.75) is 59.4 Å². The highest BCUT2D eigenvalue weighted by Gasteiger charge is 2.33. The molecule has 1 amide bonds. The first-order valence-electron chi connectivity index (χ1n) is 9.00. The Balaban J connectivity index is 1.58. The molecule has 0 saturated heterocycles. The summed E-state index contributed by atoms with van der Waals surface area (Å²) in [6.45, 7) is 8.83. The van der Waals surface area contributed by atoms with Gasteiger partial charge in [-0.15, -0.1) is 0 Å². The molecule has 0 radical (unpaired) electrons. The second kappa shape index (κ2) is 6.58. The van der Waals surface area contributed by atoms with Crippen LogP contribution in [0.5, 0.6) is 0 Å². The number of amides is 1. The lowest BCUT2D eigenvalue weighted by atomic mass is 9.69. The number of para-hydroxylation sites is 2. The van der Waals surface area contributed by atoms with E-state index in [1.807, 2.05) is 31.2 Å². The first kappa shape index (κ1) is 17.0. The molecule has 1 saturated carbocycles. The van der Waals surface area contributed by atoms with Crippen molar-refractivity contribution in [3.8, 4) is 0 Å². The molecule has 0 spiro atoms. The standard InChI is InChI=1S/C20H28N2O2/c1-13(19-22-16-7-5-6-8-17(16)24-19)21-18(23)14-9-11-15(12-10-14)20(2,3)4/h5-8,13-15H,9-12H2,1-4H3,(H,21,23). The van der Waals surface area contributed by atoms with Crippen molar-refractivity contribution in [3.05, 3.63) is 30.2 Å². The van der Waals surface area contributed by atoms with Crippen LogP contribution in [0.4, 0.5) is 0 Å². The second-order valence-electron chi connectivity index (χ2n) is 8.16. The van der Waals surface area contributed by atoms with Crippen molar-refractivity contribution >= 4 is 17.0 Å². The molecule has 0 aliphatic heterocycles. The van der Waals surface area contributed by atoms with Crippen LogP contribution in [0.1, 0.15) is 65.3 Å². The van der Waals surface area contributed by atoms with Crippen LogP contribution in [0.2, 0.25) is 0 Å². The number of carbonyl (C=O) groups excluding carboxylic acids is 1. The molecule has 1 aromatic carbocycles. The van der Waals surface area contributed by atoms with E-state index in [0.717, 1.165) is 42.7 Å². The highest BCUT2D eigenvalue weighted by Crippen LogP contribution is 2.40. The first-order valence-corrected chi connectivity index (χ1v) is 9.00. The number of hydrogen-bond donors (Lipinski definition) is 1. The number of nitrogens with zero attached hydrogens (tertiary/aromatic N) is 1. The minimum Gasteiger partial charge on any atom is -0.438 e. The van der Waals surface area contributed by atoms with Crippen molar-refractivity contribution < 1.29 is 9.21 Å². The van der Waals surface area contributed by atoms with Gasteiger partial charge in [-0.25, -0.2) is 4.98 Å². The van der Waals surface area contributed by atoms with Gasteiger partial charge in [-0.2, -0.15) is 0 Å². The fourth-order valence-corrected chi connectivity index (χ4v) is 3.69. The fourth-order valence-electron chi connectivity index (χ4n) is 3.69. The first-order chi connectivity index (χ1) is 11.3. The van der Waals surface area contributed by atoms with Gasteiger partial charge in [-0.1, -0.05) is 32.9 Å². The monoisotopic (exact) mass is 328 g/mol. The normalized spacial score (nSPS) is 23.2. The Morgan fingerprint density at radius 3 is 2.50 bits per heavy atom. The zero-order valence-corrected chi connectivity index (χ0v) is 15.1. The predicted molar refractivity (Wildman–Crippen MR) is 95.5 cm³/mol. The summed E-state index contributed by atoms with van der Waals surface area (Å²) in [5.74, 6) is 1.55. The SMILES string of the molecule is CC(NC(=O)C1CCC(C(C)(C)C)CC1)c1nc2ccccc2o1. The third kappa shape index (κ3) is 3.63. The highest BCUT2D eigenvalue weighted by atomic mass is 16.3. The molecule has 3 rings (SSSR count). The second-order valence-corrected chi connectivity index (χ2v) is 8.16. The van der Waals surface area contributed by atoms with Crippen molar-refractivity contribution in [1.29, 1.82) is 0 Å². The number of carbonyl (C=O) groups is 1. The van der Waals surface area contributed by atoms with Crippen LogP contribution >= 0.6 is 0 Å². The number of nitrogens with one attached hydrogen (secondary N) is 1. The van der Waals surface area contributed by atoms with Crippen LogP contribution in [-0.4, -0.2) is 10.9 Å². The summed E-state index contributed by atoms with van der Waals surface area (Å²) in [6.07, 6.45) is 4.24. The minimum absolute atomic E-state index is 0.121. The number of oxazole rings is 1. The maximum Gasteiger partial charge on any atom is 0.223 e. The van der Waals surface area contributed by atoms with Crippen LogP contribution in [0.25, 0.3) is 11.1 Å². The molecular weight excluding hydrogens is 300 g/mol. The average molecular weight is 328 g/mol. The maximum absolute atomic E-state index is 12.6. The van der Waals surface area contributed by atoms with Crippen LogP contribution in [0, 0.1) is 17.3 Å². The van der Waals surface area contributed by atoms with E-state index in [1.54, 1.807) is 0 Å². The maximum atomic E-state index is 12.6. The molecule has 4 heteroatoms. The highest BCUT2D eigenvalue weighted by molar-refractivity contribution is 5.79. The molecule has 4 nitrogen and oxygen atoms in total. The molecule has 1 fully saturated rings. The molecule has 1 aliphatic carbocycles.